The smallest absolute Gasteiger partial charge is 0.255 e. The monoisotopic (exact) mass is 301 g/mol. The molecule has 0 aliphatic rings. The zero-order valence-corrected chi connectivity index (χ0v) is 11.5. The normalized spacial score (nSPS) is 10.1. The van der Waals surface area contributed by atoms with Crippen LogP contribution >= 0.6 is 15.9 Å². The minimum atomic E-state index is -0.138. The molecular weight excluding hydrogens is 286 g/mol. The van der Waals surface area contributed by atoms with Gasteiger partial charge in [-0.2, -0.15) is 0 Å². The van der Waals surface area contributed by atoms with Gasteiger partial charge in [0.05, 0.1) is 12.2 Å². The van der Waals surface area contributed by atoms with Crippen molar-refractivity contribution < 1.29 is 14.3 Å². The molecule has 1 N–H and O–H groups in total. The van der Waals surface area contributed by atoms with Crippen molar-refractivity contribution in [2.24, 2.45) is 0 Å². The largest absolute Gasteiger partial charge is 0.490 e. The van der Waals surface area contributed by atoms with Crippen molar-refractivity contribution in [2.45, 2.75) is 6.92 Å². The van der Waals surface area contributed by atoms with Crippen molar-refractivity contribution in [3.05, 3.63) is 28.2 Å². The van der Waals surface area contributed by atoms with Crippen LogP contribution in [0.25, 0.3) is 0 Å². The number of rotatable bonds is 6. The minimum absolute atomic E-state index is 0.138. The van der Waals surface area contributed by atoms with Gasteiger partial charge in [-0.15, -0.1) is 0 Å². The molecule has 1 rings (SSSR count). The molecule has 0 bridgehead atoms. The third kappa shape index (κ3) is 4.36. The number of nitrogens with one attached hydrogen (secondary N) is 1. The second-order valence-corrected chi connectivity index (χ2v) is 4.26. The van der Waals surface area contributed by atoms with Gasteiger partial charge in [0.15, 0.2) is 0 Å². The molecular formula is C12H16BrNO3. The van der Waals surface area contributed by atoms with Gasteiger partial charge in [0.1, 0.15) is 12.4 Å². The summed E-state index contributed by atoms with van der Waals surface area (Å²) in [6, 6.07) is 5.35. The first-order valence-corrected chi connectivity index (χ1v) is 6.17. The number of ether oxygens (including phenoxy) is 2. The lowest BCUT2D eigenvalue weighted by atomic mass is 10.2. The second-order valence-electron chi connectivity index (χ2n) is 3.34. The number of hydrogen-bond acceptors (Lipinski definition) is 3. The molecule has 0 heterocycles. The van der Waals surface area contributed by atoms with Crippen molar-refractivity contribution in [3.8, 4) is 5.75 Å². The molecule has 5 heteroatoms. The first kappa shape index (κ1) is 14.0. The highest BCUT2D eigenvalue weighted by molar-refractivity contribution is 9.10. The summed E-state index contributed by atoms with van der Waals surface area (Å²) in [6.45, 7) is 3.37. The predicted molar refractivity (Wildman–Crippen MR) is 69.5 cm³/mol. The molecule has 0 fully saturated rings. The van der Waals surface area contributed by atoms with Crippen LogP contribution in [0.5, 0.6) is 5.75 Å². The van der Waals surface area contributed by atoms with Crippen molar-refractivity contribution >= 4 is 21.8 Å². The van der Waals surface area contributed by atoms with Crippen LogP contribution in [-0.2, 0) is 4.74 Å². The third-order valence-electron chi connectivity index (χ3n) is 2.07. The van der Waals surface area contributed by atoms with Gasteiger partial charge in [-0.25, -0.2) is 0 Å². The van der Waals surface area contributed by atoms with E-state index < -0.39 is 0 Å². The van der Waals surface area contributed by atoms with Gasteiger partial charge >= 0.3 is 0 Å². The fourth-order valence-electron chi connectivity index (χ4n) is 1.30. The lowest BCUT2D eigenvalue weighted by Gasteiger charge is -2.11. The van der Waals surface area contributed by atoms with Crippen LogP contribution in [0.15, 0.2) is 22.7 Å². The molecule has 0 radical (unpaired) electrons. The summed E-state index contributed by atoms with van der Waals surface area (Å²) >= 11 is 3.34. The fraction of sp³-hybridized carbons (Fsp3) is 0.417. The van der Waals surface area contributed by atoms with Crippen molar-refractivity contribution in [1.29, 1.82) is 0 Å². The molecule has 4 nitrogen and oxygen atoms in total. The van der Waals surface area contributed by atoms with Crippen molar-refractivity contribution in [3.63, 3.8) is 0 Å². The van der Waals surface area contributed by atoms with Gasteiger partial charge in [0.25, 0.3) is 5.91 Å². The van der Waals surface area contributed by atoms with Crippen LogP contribution in [0.4, 0.5) is 0 Å². The average molecular weight is 302 g/mol. The highest BCUT2D eigenvalue weighted by Gasteiger charge is 2.12. The Labute approximate surface area is 109 Å². The highest BCUT2D eigenvalue weighted by atomic mass is 79.9. The van der Waals surface area contributed by atoms with Gasteiger partial charge < -0.3 is 14.8 Å². The summed E-state index contributed by atoms with van der Waals surface area (Å²) in [5.74, 6) is 0.428. The molecule has 17 heavy (non-hydrogen) atoms. The summed E-state index contributed by atoms with van der Waals surface area (Å²) in [6.07, 6.45) is 0. The molecule has 0 atom stereocenters. The molecule has 1 aromatic rings. The van der Waals surface area contributed by atoms with E-state index in [1.807, 2.05) is 13.0 Å². The van der Waals surface area contributed by atoms with Gasteiger partial charge in [-0.3, -0.25) is 4.79 Å². The Morgan fingerprint density at radius 1 is 1.41 bits per heavy atom. The number of methoxy groups -OCH3 is 1. The Hall–Kier alpha value is -1.07. The molecule has 1 amide bonds. The van der Waals surface area contributed by atoms with Gasteiger partial charge in [-0.05, 0) is 25.1 Å². The van der Waals surface area contributed by atoms with Crippen LogP contribution in [0.3, 0.4) is 0 Å². The molecule has 94 valence electrons. The summed E-state index contributed by atoms with van der Waals surface area (Å²) in [4.78, 5) is 11.8. The summed E-state index contributed by atoms with van der Waals surface area (Å²) in [5.41, 5.74) is 0.525. The van der Waals surface area contributed by atoms with E-state index in [4.69, 9.17) is 9.47 Å². The van der Waals surface area contributed by atoms with E-state index in [2.05, 4.69) is 21.2 Å². The maximum atomic E-state index is 11.8. The van der Waals surface area contributed by atoms with Crippen LogP contribution in [0, 0.1) is 0 Å². The van der Waals surface area contributed by atoms with Crippen LogP contribution in [0.1, 0.15) is 17.3 Å². The fourth-order valence-corrected chi connectivity index (χ4v) is 1.66. The first-order chi connectivity index (χ1) is 8.19. The predicted octanol–water partition coefficient (Wildman–Crippen LogP) is 2.22. The Balaban J connectivity index is 2.83. The summed E-state index contributed by atoms with van der Waals surface area (Å²) < 4.78 is 11.2. The third-order valence-corrected chi connectivity index (χ3v) is 2.56. The van der Waals surface area contributed by atoms with E-state index in [-0.39, 0.29) is 5.91 Å². The van der Waals surface area contributed by atoms with Crippen molar-refractivity contribution in [1.82, 2.24) is 5.32 Å². The number of carbonyl (C=O) groups excluding carboxylic acids is 1. The molecule has 0 spiro atoms. The SMILES string of the molecule is CCNC(=O)c1cc(Br)ccc1OCCOC. The minimum Gasteiger partial charge on any atom is -0.490 e. The molecule has 0 aromatic heterocycles. The Bertz CT molecular complexity index is 382. The van der Waals surface area contributed by atoms with E-state index >= 15 is 0 Å². The average Bonchev–Trinajstić information content (AvgIpc) is 2.31. The highest BCUT2D eigenvalue weighted by Crippen LogP contribution is 2.23. The van der Waals surface area contributed by atoms with E-state index in [0.29, 0.717) is 31.1 Å². The number of carbonyl (C=O) groups is 1. The first-order valence-electron chi connectivity index (χ1n) is 5.38. The number of halogens is 1. The quantitative estimate of drug-likeness (QED) is 0.820. The zero-order valence-electron chi connectivity index (χ0n) is 9.96. The van der Waals surface area contributed by atoms with Crippen LogP contribution < -0.4 is 10.1 Å². The maximum Gasteiger partial charge on any atom is 0.255 e. The second kappa shape index (κ2) is 7.29. The number of hydrogen-bond donors (Lipinski definition) is 1. The summed E-state index contributed by atoms with van der Waals surface area (Å²) in [7, 11) is 1.61. The Kier molecular flexibility index (Phi) is 6.00. The molecule has 0 aliphatic carbocycles. The topological polar surface area (TPSA) is 47.6 Å². The molecule has 0 saturated heterocycles. The number of benzene rings is 1. The zero-order chi connectivity index (χ0) is 12.7. The van der Waals surface area contributed by atoms with Crippen molar-refractivity contribution in [2.75, 3.05) is 26.9 Å². The molecule has 1 aromatic carbocycles. The Morgan fingerprint density at radius 2 is 2.18 bits per heavy atom. The molecule has 0 saturated carbocycles. The van der Waals surface area contributed by atoms with E-state index in [1.54, 1.807) is 19.2 Å². The Morgan fingerprint density at radius 3 is 2.82 bits per heavy atom. The molecule has 0 unspecified atom stereocenters. The summed E-state index contributed by atoms with van der Waals surface area (Å²) in [5, 5.41) is 2.75. The lowest BCUT2D eigenvalue weighted by Crippen LogP contribution is -2.23. The number of amides is 1. The lowest BCUT2D eigenvalue weighted by molar-refractivity contribution is 0.0948. The van der Waals surface area contributed by atoms with E-state index in [1.165, 1.54) is 0 Å². The van der Waals surface area contributed by atoms with Gasteiger partial charge in [0.2, 0.25) is 0 Å². The maximum absolute atomic E-state index is 11.8. The standard InChI is InChI=1S/C12H16BrNO3/c1-3-14-12(15)10-8-9(13)4-5-11(10)17-7-6-16-2/h4-5,8H,3,6-7H2,1-2H3,(H,14,15). The van der Waals surface area contributed by atoms with Gasteiger partial charge in [-0.1, -0.05) is 15.9 Å². The van der Waals surface area contributed by atoms with E-state index in [9.17, 15) is 4.79 Å². The van der Waals surface area contributed by atoms with Crippen LogP contribution in [0.2, 0.25) is 0 Å². The van der Waals surface area contributed by atoms with Gasteiger partial charge in [0, 0.05) is 18.1 Å². The van der Waals surface area contributed by atoms with Crippen LogP contribution in [-0.4, -0.2) is 32.8 Å². The molecule has 0 aliphatic heterocycles. The van der Waals surface area contributed by atoms with E-state index in [0.717, 1.165) is 4.47 Å².